The van der Waals surface area contributed by atoms with Gasteiger partial charge in [0.1, 0.15) is 0 Å². The van der Waals surface area contributed by atoms with Crippen LogP contribution in [0.15, 0.2) is 65.8 Å². The second kappa shape index (κ2) is 11.5. The minimum absolute atomic E-state index is 0.116. The molecule has 0 aliphatic carbocycles. The maximum absolute atomic E-state index is 12.5. The molecule has 0 aliphatic heterocycles. The van der Waals surface area contributed by atoms with Crippen LogP contribution in [0.3, 0.4) is 0 Å². The highest BCUT2D eigenvalue weighted by molar-refractivity contribution is 6.45. The molecule has 3 rings (SSSR count). The number of hydrazone groups is 1. The molecule has 0 fully saturated rings. The van der Waals surface area contributed by atoms with Gasteiger partial charge in [0.25, 0.3) is 0 Å². The molecule has 0 saturated heterocycles. The number of carbonyl (C=O) groups excluding carboxylic acids is 3. The first-order chi connectivity index (χ1) is 16.7. The second-order valence-corrected chi connectivity index (χ2v) is 8.10. The van der Waals surface area contributed by atoms with Gasteiger partial charge in [-0.15, -0.1) is 0 Å². The number of ether oxygens (including phenoxy) is 2. The quantitative estimate of drug-likeness (QED) is 0.158. The molecule has 180 valence electrons. The Bertz CT molecular complexity index is 1320. The first kappa shape index (κ1) is 25.7. The first-order valence-corrected chi connectivity index (χ1v) is 11.0. The smallest absolute Gasteiger partial charge is 0.343 e. The standard InChI is InChI=1S/C25H21Cl2N3O5/c1-14-6-4-7-17(12-14)25(33)35-20-11-10-16(13-21(20)34-3)15(2)29-30-24(32)23(31)28-19-9-5-8-18(26)22(19)27/h4-13H,1-3H3,(H,28,31)(H,30,32)/b29-15+. The van der Waals surface area contributed by atoms with Gasteiger partial charge in [-0.05, 0) is 56.3 Å². The van der Waals surface area contributed by atoms with E-state index >= 15 is 0 Å². The fourth-order valence-electron chi connectivity index (χ4n) is 2.94. The van der Waals surface area contributed by atoms with Crippen LogP contribution in [-0.4, -0.2) is 30.6 Å². The van der Waals surface area contributed by atoms with E-state index in [0.717, 1.165) is 5.56 Å². The molecule has 0 aliphatic rings. The lowest BCUT2D eigenvalue weighted by atomic mass is 10.1. The van der Waals surface area contributed by atoms with Gasteiger partial charge in [-0.25, -0.2) is 10.2 Å². The van der Waals surface area contributed by atoms with Crippen LogP contribution in [0.25, 0.3) is 0 Å². The zero-order valence-electron chi connectivity index (χ0n) is 19.0. The fourth-order valence-corrected chi connectivity index (χ4v) is 3.28. The summed E-state index contributed by atoms with van der Waals surface area (Å²) in [6.45, 7) is 3.50. The number of rotatable bonds is 6. The van der Waals surface area contributed by atoms with Crippen molar-refractivity contribution in [1.82, 2.24) is 5.43 Å². The van der Waals surface area contributed by atoms with Gasteiger partial charge in [0, 0.05) is 5.56 Å². The zero-order valence-corrected chi connectivity index (χ0v) is 20.5. The molecule has 2 amide bonds. The maximum Gasteiger partial charge on any atom is 0.343 e. The third kappa shape index (κ3) is 6.59. The number of nitrogens with zero attached hydrogens (tertiary/aromatic N) is 1. The molecule has 0 bridgehead atoms. The number of nitrogens with one attached hydrogen (secondary N) is 2. The van der Waals surface area contributed by atoms with Gasteiger partial charge < -0.3 is 14.8 Å². The zero-order chi connectivity index (χ0) is 25.5. The number of amides is 2. The molecule has 10 heteroatoms. The van der Waals surface area contributed by atoms with E-state index in [1.54, 1.807) is 55.5 Å². The van der Waals surface area contributed by atoms with Gasteiger partial charge in [-0.2, -0.15) is 5.10 Å². The molecule has 2 N–H and O–H groups in total. The molecule has 0 atom stereocenters. The summed E-state index contributed by atoms with van der Waals surface area (Å²) in [5.74, 6) is -1.99. The van der Waals surface area contributed by atoms with Crippen LogP contribution in [0.1, 0.15) is 28.4 Å². The number of hydrogen-bond donors (Lipinski definition) is 2. The van der Waals surface area contributed by atoms with Gasteiger partial charge in [0.2, 0.25) is 0 Å². The van der Waals surface area contributed by atoms with Crippen LogP contribution >= 0.6 is 23.2 Å². The van der Waals surface area contributed by atoms with Crippen molar-refractivity contribution in [3.63, 3.8) is 0 Å². The van der Waals surface area contributed by atoms with Crippen molar-refractivity contribution in [2.24, 2.45) is 5.10 Å². The summed E-state index contributed by atoms with van der Waals surface area (Å²) in [6.07, 6.45) is 0. The topological polar surface area (TPSA) is 106 Å². The molecule has 0 saturated carbocycles. The third-order valence-electron chi connectivity index (χ3n) is 4.77. The number of halogens is 2. The highest BCUT2D eigenvalue weighted by Crippen LogP contribution is 2.30. The lowest BCUT2D eigenvalue weighted by Gasteiger charge is -2.11. The van der Waals surface area contributed by atoms with Crippen molar-refractivity contribution in [2.75, 3.05) is 12.4 Å². The lowest BCUT2D eigenvalue weighted by molar-refractivity contribution is -0.136. The van der Waals surface area contributed by atoms with E-state index < -0.39 is 17.8 Å². The Balaban J connectivity index is 1.68. The number of benzene rings is 3. The van der Waals surface area contributed by atoms with Crippen molar-refractivity contribution < 1.29 is 23.9 Å². The number of hydrogen-bond acceptors (Lipinski definition) is 6. The molecule has 35 heavy (non-hydrogen) atoms. The average molecular weight is 514 g/mol. The number of methoxy groups -OCH3 is 1. The summed E-state index contributed by atoms with van der Waals surface area (Å²) in [5, 5.41) is 6.68. The van der Waals surface area contributed by atoms with Crippen LogP contribution in [0, 0.1) is 6.92 Å². The summed E-state index contributed by atoms with van der Waals surface area (Å²) in [4.78, 5) is 36.8. The van der Waals surface area contributed by atoms with Crippen LogP contribution < -0.4 is 20.2 Å². The van der Waals surface area contributed by atoms with E-state index in [9.17, 15) is 14.4 Å². The van der Waals surface area contributed by atoms with Gasteiger partial charge >= 0.3 is 17.8 Å². The summed E-state index contributed by atoms with van der Waals surface area (Å²) in [6, 6.07) is 16.5. The van der Waals surface area contributed by atoms with Crippen molar-refractivity contribution in [2.45, 2.75) is 13.8 Å². The Kier molecular flexibility index (Phi) is 8.46. The van der Waals surface area contributed by atoms with E-state index in [1.807, 2.05) is 13.0 Å². The van der Waals surface area contributed by atoms with Crippen molar-refractivity contribution in [3.8, 4) is 11.5 Å². The van der Waals surface area contributed by atoms with E-state index in [-0.39, 0.29) is 27.2 Å². The van der Waals surface area contributed by atoms with Crippen LogP contribution in [0.4, 0.5) is 5.69 Å². The number of carbonyl (C=O) groups is 3. The van der Waals surface area contributed by atoms with E-state index in [1.165, 1.54) is 13.2 Å². The van der Waals surface area contributed by atoms with E-state index in [4.69, 9.17) is 32.7 Å². The third-order valence-corrected chi connectivity index (χ3v) is 5.59. The Morgan fingerprint density at radius 3 is 2.34 bits per heavy atom. The normalized spacial score (nSPS) is 10.9. The van der Waals surface area contributed by atoms with E-state index in [0.29, 0.717) is 16.8 Å². The highest BCUT2D eigenvalue weighted by Gasteiger charge is 2.17. The van der Waals surface area contributed by atoms with Crippen molar-refractivity contribution >= 4 is 52.4 Å². The summed E-state index contributed by atoms with van der Waals surface area (Å²) < 4.78 is 10.8. The Labute approximate surface area is 211 Å². The first-order valence-electron chi connectivity index (χ1n) is 10.3. The molecule has 0 radical (unpaired) electrons. The minimum atomic E-state index is -1.00. The average Bonchev–Trinajstić information content (AvgIpc) is 2.85. The number of esters is 1. The summed E-state index contributed by atoms with van der Waals surface area (Å²) >= 11 is 11.9. The molecule has 0 heterocycles. The predicted molar refractivity (Wildman–Crippen MR) is 135 cm³/mol. The predicted octanol–water partition coefficient (Wildman–Crippen LogP) is 5.01. The molecule has 0 unspecified atom stereocenters. The van der Waals surface area contributed by atoms with Crippen LogP contribution in [-0.2, 0) is 9.59 Å². The number of aryl methyl sites for hydroxylation is 1. The van der Waals surface area contributed by atoms with Gasteiger partial charge in [-0.1, -0.05) is 47.0 Å². The van der Waals surface area contributed by atoms with Gasteiger partial charge in [-0.3, -0.25) is 9.59 Å². The molecule has 3 aromatic carbocycles. The molecule has 0 aromatic heterocycles. The molecule has 8 nitrogen and oxygen atoms in total. The SMILES string of the molecule is COc1cc(/C(C)=N/NC(=O)C(=O)Nc2cccc(Cl)c2Cl)ccc1OC(=O)c1cccc(C)c1. The van der Waals surface area contributed by atoms with E-state index in [2.05, 4.69) is 15.8 Å². The largest absolute Gasteiger partial charge is 0.493 e. The highest BCUT2D eigenvalue weighted by atomic mass is 35.5. The molecule has 0 spiro atoms. The molecular weight excluding hydrogens is 493 g/mol. The van der Waals surface area contributed by atoms with Crippen molar-refractivity contribution in [3.05, 3.63) is 87.4 Å². The summed E-state index contributed by atoms with van der Waals surface area (Å²) in [5.41, 5.74) is 4.66. The monoisotopic (exact) mass is 513 g/mol. The Morgan fingerprint density at radius 1 is 0.886 bits per heavy atom. The summed E-state index contributed by atoms with van der Waals surface area (Å²) in [7, 11) is 1.43. The maximum atomic E-state index is 12.5. The second-order valence-electron chi connectivity index (χ2n) is 7.32. The lowest BCUT2D eigenvalue weighted by Crippen LogP contribution is -2.33. The minimum Gasteiger partial charge on any atom is -0.493 e. The van der Waals surface area contributed by atoms with Crippen LogP contribution in [0.5, 0.6) is 11.5 Å². The van der Waals surface area contributed by atoms with Gasteiger partial charge in [0.15, 0.2) is 11.5 Å². The molecule has 3 aromatic rings. The number of anilines is 1. The molecular formula is C25H21Cl2N3O5. The fraction of sp³-hybridized carbons (Fsp3) is 0.120. The van der Waals surface area contributed by atoms with Crippen LogP contribution in [0.2, 0.25) is 10.0 Å². The Hall–Kier alpha value is -3.88. The van der Waals surface area contributed by atoms with Crippen molar-refractivity contribution in [1.29, 1.82) is 0 Å². The van der Waals surface area contributed by atoms with Gasteiger partial charge in [0.05, 0.1) is 34.1 Å². The Morgan fingerprint density at radius 2 is 1.63 bits per heavy atom.